The predicted molar refractivity (Wildman–Crippen MR) is 158 cm³/mol. The maximum absolute atomic E-state index is 12.4. The van der Waals surface area contributed by atoms with Gasteiger partial charge in [-0.25, -0.2) is 0 Å². The Balaban J connectivity index is 4.17. The quantitative estimate of drug-likeness (QED) is 0.0535. The lowest BCUT2D eigenvalue weighted by atomic mass is 10.0. The van der Waals surface area contributed by atoms with E-state index in [1.807, 2.05) is 0 Å². The van der Waals surface area contributed by atoms with Gasteiger partial charge in [0.15, 0.2) is 0 Å². The molecule has 0 rings (SSSR count). The van der Waals surface area contributed by atoms with Crippen LogP contribution in [0.25, 0.3) is 0 Å². The molecule has 0 fully saturated rings. The average molecular weight is 560 g/mol. The van der Waals surface area contributed by atoms with Gasteiger partial charge in [0, 0.05) is 0 Å². The van der Waals surface area contributed by atoms with Gasteiger partial charge in [0.2, 0.25) is 5.91 Å². The summed E-state index contributed by atoms with van der Waals surface area (Å²) in [6.45, 7) is 4.37. The van der Waals surface area contributed by atoms with Crippen LogP contribution in [0.4, 0.5) is 0 Å². The highest BCUT2D eigenvalue weighted by Gasteiger charge is 2.28. The number of aliphatic hydroxyl groups excluding tert-OH is 2. The summed E-state index contributed by atoms with van der Waals surface area (Å²) in [5.74, 6) is -1.48. The number of hydrogen-bond acceptors (Lipinski definition) is 5. The van der Waals surface area contributed by atoms with Crippen molar-refractivity contribution in [3.05, 3.63) is 24.3 Å². The van der Waals surface area contributed by atoms with Gasteiger partial charge in [0.05, 0.1) is 17.9 Å². The Kier molecular flexibility index (Phi) is 24.0. The second-order valence-electron chi connectivity index (χ2n) is 10.6. The summed E-state index contributed by atoms with van der Waals surface area (Å²) < 4.78 is 32.1. The first-order valence-electron chi connectivity index (χ1n) is 15.1. The number of aliphatic hydroxyl groups is 2. The lowest BCUT2D eigenvalue weighted by molar-refractivity contribution is -0.131. The van der Waals surface area contributed by atoms with Gasteiger partial charge in [0.1, 0.15) is 6.10 Å². The lowest BCUT2D eigenvalue weighted by Gasteiger charge is -2.24. The van der Waals surface area contributed by atoms with Gasteiger partial charge in [-0.15, -0.1) is 0 Å². The first kappa shape index (κ1) is 36.8. The molecule has 1 amide bonds. The molecule has 8 heteroatoms. The summed E-state index contributed by atoms with van der Waals surface area (Å²) in [6.07, 6.45) is 25.1. The molecule has 4 N–H and O–H groups in total. The first-order valence-corrected chi connectivity index (χ1v) is 16.8. The van der Waals surface area contributed by atoms with Crippen molar-refractivity contribution >= 4 is 16.0 Å². The van der Waals surface area contributed by atoms with E-state index in [1.54, 1.807) is 0 Å². The van der Waals surface area contributed by atoms with Crippen LogP contribution in [0.2, 0.25) is 0 Å². The van der Waals surface area contributed by atoms with Crippen LogP contribution in [0.1, 0.15) is 136 Å². The Hall–Kier alpha value is -1.22. The van der Waals surface area contributed by atoms with Crippen molar-refractivity contribution in [3.8, 4) is 0 Å². The van der Waals surface area contributed by atoms with Crippen molar-refractivity contribution in [1.29, 1.82) is 0 Å². The molecule has 0 aliphatic heterocycles. The SMILES string of the molecule is CCCCC/C=C\C=C/CCCCCCCC(O)C(=O)NC(CS(=O)(=O)O)C(O)CCCCCCCCC. The van der Waals surface area contributed by atoms with Crippen LogP contribution in [0.15, 0.2) is 24.3 Å². The molecule has 38 heavy (non-hydrogen) atoms. The molecule has 0 heterocycles. The monoisotopic (exact) mass is 559 g/mol. The third-order valence-electron chi connectivity index (χ3n) is 6.79. The number of allylic oxidation sites excluding steroid dienone is 4. The second kappa shape index (κ2) is 24.8. The Bertz CT molecular complexity index is 722. The highest BCUT2D eigenvalue weighted by molar-refractivity contribution is 7.85. The van der Waals surface area contributed by atoms with E-state index in [0.29, 0.717) is 19.3 Å². The minimum Gasteiger partial charge on any atom is -0.391 e. The molecule has 224 valence electrons. The number of carbonyl (C=O) groups excluding carboxylic acids is 1. The molecule has 3 atom stereocenters. The minimum atomic E-state index is -4.39. The van der Waals surface area contributed by atoms with E-state index in [-0.39, 0.29) is 6.42 Å². The number of nitrogens with one attached hydrogen (secondary N) is 1. The van der Waals surface area contributed by atoms with Crippen LogP contribution < -0.4 is 5.32 Å². The van der Waals surface area contributed by atoms with E-state index in [9.17, 15) is 28.0 Å². The summed E-state index contributed by atoms with van der Waals surface area (Å²) in [5.41, 5.74) is 0. The number of rotatable bonds is 26. The van der Waals surface area contributed by atoms with Gasteiger partial charge in [-0.1, -0.05) is 122 Å². The molecule has 0 aliphatic carbocycles. The molecule has 0 aliphatic rings. The Morgan fingerprint density at radius 3 is 1.71 bits per heavy atom. The molecule has 0 saturated carbocycles. The second-order valence-corrected chi connectivity index (χ2v) is 12.1. The van der Waals surface area contributed by atoms with Crippen LogP contribution in [-0.2, 0) is 14.9 Å². The average Bonchev–Trinajstić information content (AvgIpc) is 2.86. The van der Waals surface area contributed by atoms with Crippen molar-refractivity contribution in [2.75, 3.05) is 5.75 Å². The van der Waals surface area contributed by atoms with E-state index in [1.165, 1.54) is 38.5 Å². The lowest BCUT2D eigenvalue weighted by Crippen LogP contribution is -2.50. The van der Waals surface area contributed by atoms with Crippen LogP contribution in [0, 0.1) is 0 Å². The third kappa shape index (κ3) is 23.9. The summed E-state index contributed by atoms with van der Waals surface area (Å²) in [5, 5.41) is 23.2. The molecular weight excluding hydrogens is 502 g/mol. The molecule has 0 saturated heterocycles. The molecule has 0 bridgehead atoms. The van der Waals surface area contributed by atoms with E-state index < -0.39 is 40.0 Å². The minimum absolute atomic E-state index is 0.279. The van der Waals surface area contributed by atoms with Gasteiger partial charge in [-0.3, -0.25) is 9.35 Å². The van der Waals surface area contributed by atoms with Gasteiger partial charge in [-0.2, -0.15) is 8.42 Å². The largest absolute Gasteiger partial charge is 0.391 e. The maximum atomic E-state index is 12.4. The normalized spacial score (nSPS) is 14.8. The van der Waals surface area contributed by atoms with E-state index >= 15 is 0 Å². The van der Waals surface area contributed by atoms with E-state index in [0.717, 1.165) is 57.8 Å². The van der Waals surface area contributed by atoms with Gasteiger partial charge < -0.3 is 15.5 Å². The van der Waals surface area contributed by atoms with Crippen LogP contribution in [-0.4, -0.2) is 53.1 Å². The topological polar surface area (TPSA) is 124 Å². The van der Waals surface area contributed by atoms with Gasteiger partial charge >= 0.3 is 0 Å². The Morgan fingerprint density at radius 1 is 0.711 bits per heavy atom. The van der Waals surface area contributed by atoms with Crippen molar-refractivity contribution in [2.24, 2.45) is 0 Å². The van der Waals surface area contributed by atoms with Crippen LogP contribution >= 0.6 is 0 Å². The number of carbonyl (C=O) groups is 1. The highest BCUT2D eigenvalue weighted by atomic mass is 32.2. The molecule has 0 aromatic heterocycles. The molecule has 7 nitrogen and oxygen atoms in total. The van der Waals surface area contributed by atoms with Crippen molar-refractivity contribution < 1.29 is 28.0 Å². The molecule has 0 aromatic carbocycles. The van der Waals surface area contributed by atoms with Crippen molar-refractivity contribution in [1.82, 2.24) is 5.32 Å². The van der Waals surface area contributed by atoms with Gasteiger partial charge in [-0.05, 0) is 38.5 Å². The van der Waals surface area contributed by atoms with Crippen molar-refractivity contribution in [2.45, 2.75) is 154 Å². The standard InChI is InChI=1S/C30H57NO6S/c1-3-5-7-9-11-12-13-14-15-16-17-19-21-23-25-29(33)30(34)31-27(26-38(35,36)37)28(32)24-22-20-18-10-8-6-4-2/h11-14,27-29,32-33H,3-10,15-26H2,1-2H3,(H,31,34)(H,35,36,37)/b12-11-,14-13-. The summed E-state index contributed by atoms with van der Waals surface area (Å²) in [7, 11) is -4.39. The molecule has 0 spiro atoms. The van der Waals surface area contributed by atoms with Crippen molar-refractivity contribution in [3.63, 3.8) is 0 Å². The number of hydrogen-bond donors (Lipinski definition) is 4. The number of unbranched alkanes of at least 4 members (excludes halogenated alkanes) is 14. The summed E-state index contributed by atoms with van der Waals surface area (Å²) in [6, 6.07) is -1.15. The first-order chi connectivity index (χ1) is 18.2. The zero-order valence-electron chi connectivity index (χ0n) is 24.2. The number of amides is 1. The maximum Gasteiger partial charge on any atom is 0.266 e. The summed E-state index contributed by atoms with van der Waals surface area (Å²) >= 11 is 0. The fourth-order valence-corrected chi connectivity index (χ4v) is 5.15. The Morgan fingerprint density at radius 2 is 1.16 bits per heavy atom. The molecule has 0 aromatic rings. The predicted octanol–water partition coefficient (Wildman–Crippen LogP) is 6.64. The zero-order chi connectivity index (χ0) is 28.5. The third-order valence-corrected chi connectivity index (χ3v) is 7.57. The fraction of sp³-hybridized carbons (Fsp3) is 0.833. The zero-order valence-corrected chi connectivity index (χ0v) is 25.0. The Labute approximate surface area is 233 Å². The van der Waals surface area contributed by atoms with Crippen LogP contribution in [0.5, 0.6) is 0 Å². The van der Waals surface area contributed by atoms with E-state index in [2.05, 4.69) is 43.5 Å². The summed E-state index contributed by atoms with van der Waals surface area (Å²) in [4.78, 5) is 12.4. The fourth-order valence-electron chi connectivity index (χ4n) is 4.39. The van der Waals surface area contributed by atoms with Crippen LogP contribution in [0.3, 0.4) is 0 Å². The molecular formula is C30H57NO6S. The van der Waals surface area contributed by atoms with Gasteiger partial charge in [0.25, 0.3) is 10.1 Å². The van der Waals surface area contributed by atoms with E-state index in [4.69, 9.17) is 0 Å². The molecule has 3 unspecified atom stereocenters. The smallest absolute Gasteiger partial charge is 0.266 e. The highest BCUT2D eigenvalue weighted by Crippen LogP contribution is 2.14. The molecule has 0 radical (unpaired) electrons.